The summed E-state index contributed by atoms with van der Waals surface area (Å²) >= 11 is 0. The van der Waals surface area contributed by atoms with Gasteiger partial charge >= 0.3 is 12.1 Å². The molecule has 11 heteroatoms. The second-order valence-electron chi connectivity index (χ2n) is 9.54. The molecule has 2 aromatic carbocycles. The second-order valence-corrected chi connectivity index (χ2v) is 9.54. The van der Waals surface area contributed by atoms with Gasteiger partial charge < -0.3 is 20.7 Å². The summed E-state index contributed by atoms with van der Waals surface area (Å²) in [6, 6.07) is 11.1. The first kappa shape index (κ1) is 25.7. The van der Waals surface area contributed by atoms with Gasteiger partial charge in [-0.15, -0.1) is 0 Å². The molecule has 5 rings (SSSR count). The summed E-state index contributed by atoms with van der Waals surface area (Å²) in [6.07, 6.45) is -0.975. The van der Waals surface area contributed by atoms with Crippen molar-refractivity contribution in [3.05, 3.63) is 83.4 Å². The van der Waals surface area contributed by atoms with Crippen LogP contribution in [-0.4, -0.2) is 43.8 Å². The quantitative estimate of drug-likeness (QED) is 0.353. The van der Waals surface area contributed by atoms with Gasteiger partial charge in [-0.25, -0.2) is 9.97 Å². The van der Waals surface area contributed by atoms with Gasteiger partial charge in [0.1, 0.15) is 33.9 Å². The van der Waals surface area contributed by atoms with Crippen molar-refractivity contribution in [3.63, 3.8) is 0 Å². The Morgan fingerprint density at radius 2 is 1.74 bits per heavy atom. The first-order valence-corrected chi connectivity index (χ1v) is 11.9. The van der Waals surface area contributed by atoms with Crippen LogP contribution in [0.2, 0.25) is 0 Å². The Morgan fingerprint density at radius 3 is 2.37 bits per heavy atom. The lowest BCUT2D eigenvalue weighted by atomic mass is 9.79. The maximum Gasteiger partial charge on any atom is 0.416 e. The Morgan fingerprint density at radius 1 is 1.08 bits per heavy atom. The molecule has 0 aliphatic carbocycles. The fourth-order valence-corrected chi connectivity index (χ4v) is 4.97. The number of nitrogen functional groups attached to an aromatic ring is 1. The van der Waals surface area contributed by atoms with Crippen LogP contribution in [0.5, 0.6) is 0 Å². The minimum Gasteiger partial charge on any atom is -0.480 e. The van der Waals surface area contributed by atoms with Crippen molar-refractivity contribution in [2.75, 3.05) is 18.9 Å². The Hall–Kier alpha value is -3.96. The summed E-state index contributed by atoms with van der Waals surface area (Å²) in [5.41, 5.74) is 4.23. The van der Waals surface area contributed by atoms with Crippen LogP contribution in [-0.2, 0) is 26.7 Å². The number of aliphatic carboxylic acids is 1. The molecule has 1 atom stereocenters. The van der Waals surface area contributed by atoms with Gasteiger partial charge in [-0.05, 0) is 43.0 Å². The van der Waals surface area contributed by atoms with Gasteiger partial charge in [0, 0.05) is 31.2 Å². The molecule has 2 aromatic heterocycles. The fraction of sp³-hybridized carbons (Fsp3) is 0.296. The second kappa shape index (κ2) is 9.10. The van der Waals surface area contributed by atoms with E-state index in [0.29, 0.717) is 28.2 Å². The van der Waals surface area contributed by atoms with Crippen molar-refractivity contribution in [1.82, 2.24) is 14.4 Å². The number of nitrogens with zero attached hydrogens (tertiary/aromatic N) is 3. The summed E-state index contributed by atoms with van der Waals surface area (Å²) < 4.78 is 46.7. The van der Waals surface area contributed by atoms with Crippen LogP contribution in [0.25, 0.3) is 16.8 Å². The maximum atomic E-state index is 13.2. The van der Waals surface area contributed by atoms with Crippen LogP contribution in [0, 0.1) is 0 Å². The third-order valence-corrected chi connectivity index (χ3v) is 7.24. The number of fused-ring (bicyclic) bond motifs is 1. The SMILES string of the molecule is CC(O)(c1ccc(-c2nc(C3(C(=O)O)CCOCC3)n3ccnc(N)c23)cc1)c1cccc(C(F)(F)F)c1. The van der Waals surface area contributed by atoms with E-state index in [-0.39, 0.29) is 37.4 Å². The van der Waals surface area contributed by atoms with Gasteiger partial charge in [-0.3, -0.25) is 9.20 Å². The number of carboxylic acid groups (broad SMARTS) is 1. The molecular weight excluding hydrogens is 501 g/mol. The lowest BCUT2D eigenvalue weighted by Gasteiger charge is -2.31. The molecule has 0 amide bonds. The summed E-state index contributed by atoms with van der Waals surface area (Å²) in [7, 11) is 0. The number of carboxylic acids is 1. The predicted molar refractivity (Wildman–Crippen MR) is 132 cm³/mol. The molecule has 38 heavy (non-hydrogen) atoms. The number of ether oxygens (including phenoxy) is 1. The largest absolute Gasteiger partial charge is 0.480 e. The number of halogens is 3. The zero-order chi connectivity index (χ0) is 27.3. The third kappa shape index (κ3) is 4.17. The fourth-order valence-electron chi connectivity index (χ4n) is 4.97. The molecule has 1 saturated heterocycles. The minimum atomic E-state index is -4.54. The molecule has 4 N–H and O–H groups in total. The van der Waals surface area contributed by atoms with Crippen molar-refractivity contribution in [2.24, 2.45) is 0 Å². The van der Waals surface area contributed by atoms with E-state index in [9.17, 15) is 28.2 Å². The monoisotopic (exact) mass is 526 g/mol. The van der Waals surface area contributed by atoms with Crippen molar-refractivity contribution in [2.45, 2.75) is 37.0 Å². The van der Waals surface area contributed by atoms with Crippen molar-refractivity contribution >= 4 is 17.3 Å². The minimum absolute atomic E-state index is 0.0890. The van der Waals surface area contributed by atoms with Crippen LogP contribution >= 0.6 is 0 Å². The summed E-state index contributed by atoms with van der Waals surface area (Å²) in [6.45, 7) is 1.97. The molecule has 4 aromatic rings. The van der Waals surface area contributed by atoms with Crippen LogP contribution in [0.1, 0.15) is 42.3 Å². The Balaban J connectivity index is 1.59. The smallest absolute Gasteiger partial charge is 0.416 e. The van der Waals surface area contributed by atoms with Gasteiger partial charge in [-0.2, -0.15) is 13.2 Å². The number of aromatic nitrogens is 3. The zero-order valence-electron chi connectivity index (χ0n) is 20.4. The highest BCUT2D eigenvalue weighted by atomic mass is 19.4. The Bertz CT molecular complexity index is 1510. The average Bonchev–Trinajstić information content (AvgIpc) is 3.30. The number of alkyl halides is 3. The lowest BCUT2D eigenvalue weighted by molar-refractivity contribution is -0.148. The first-order chi connectivity index (χ1) is 17.9. The number of hydrogen-bond acceptors (Lipinski definition) is 6. The highest BCUT2D eigenvalue weighted by molar-refractivity contribution is 5.88. The molecule has 0 radical (unpaired) electrons. The van der Waals surface area contributed by atoms with Crippen molar-refractivity contribution in [3.8, 4) is 11.3 Å². The number of aliphatic hydroxyl groups is 1. The predicted octanol–water partition coefficient (Wildman–Crippen LogP) is 4.39. The normalized spacial score (nSPS) is 17.3. The number of carbonyl (C=O) groups is 1. The number of imidazole rings is 1. The molecule has 0 saturated carbocycles. The van der Waals surface area contributed by atoms with Gasteiger partial charge in [0.2, 0.25) is 0 Å². The van der Waals surface area contributed by atoms with Crippen LogP contribution in [0.4, 0.5) is 19.0 Å². The Kier molecular flexibility index (Phi) is 6.15. The zero-order valence-corrected chi connectivity index (χ0v) is 20.4. The number of hydrogen-bond donors (Lipinski definition) is 3. The van der Waals surface area contributed by atoms with E-state index >= 15 is 0 Å². The van der Waals surface area contributed by atoms with E-state index in [0.717, 1.165) is 12.1 Å². The average molecular weight is 527 g/mol. The Labute approximate surface area is 215 Å². The molecule has 8 nitrogen and oxygen atoms in total. The molecule has 3 heterocycles. The van der Waals surface area contributed by atoms with E-state index in [1.54, 1.807) is 34.9 Å². The van der Waals surface area contributed by atoms with Crippen LogP contribution in [0.15, 0.2) is 60.9 Å². The van der Waals surface area contributed by atoms with Gasteiger partial charge in [0.25, 0.3) is 0 Å². The van der Waals surface area contributed by atoms with E-state index in [2.05, 4.69) is 4.98 Å². The molecular formula is C27H25F3N4O4. The number of nitrogens with two attached hydrogens (primary N) is 1. The van der Waals surface area contributed by atoms with E-state index < -0.39 is 28.7 Å². The van der Waals surface area contributed by atoms with Crippen LogP contribution < -0.4 is 5.73 Å². The number of rotatable bonds is 5. The topological polar surface area (TPSA) is 123 Å². The van der Waals surface area contributed by atoms with Gasteiger partial charge in [0.15, 0.2) is 0 Å². The molecule has 1 aliphatic rings. The molecule has 1 aliphatic heterocycles. The molecule has 0 spiro atoms. The van der Waals surface area contributed by atoms with Crippen molar-refractivity contribution in [1.29, 1.82) is 0 Å². The van der Waals surface area contributed by atoms with Gasteiger partial charge in [-0.1, -0.05) is 36.4 Å². The molecule has 1 unspecified atom stereocenters. The van der Waals surface area contributed by atoms with Crippen molar-refractivity contribution < 1.29 is 32.9 Å². The van der Waals surface area contributed by atoms with E-state index in [1.807, 2.05) is 0 Å². The standard InChI is InChI=1S/C27H25F3N4O4/c1-25(37,18-3-2-4-19(15-18)27(28,29)30)17-7-5-16(6-8-17)20-21-22(31)32-11-12-34(21)23(33-20)26(24(35)36)9-13-38-14-10-26/h2-8,11-12,15,37H,9-10,13-14H2,1H3,(H2,31,32)(H,35,36). The van der Waals surface area contributed by atoms with E-state index in [4.69, 9.17) is 15.5 Å². The molecule has 1 fully saturated rings. The highest BCUT2D eigenvalue weighted by Crippen LogP contribution is 2.40. The summed E-state index contributed by atoms with van der Waals surface area (Å²) in [5.74, 6) is -0.538. The summed E-state index contributed by atoms with van der Waals surface area (Å²) in [4.78, 5) is 21.4. The lowest BCUT2D eigenvalue weighted by Crippen LogP contribution is -2.42. The van der Waals surface area contributed by atoms with Gasteiger partial charge in [0.05, 0.1) is 5.56 Å². The maximum absolute atomic E-state index is 13.2. The van der Waals surface area contributed by atoms with E-state index in [1.165, 1.54) is 25.3 Å². The third-order valence-electron chi connectivity index (χ3n) is 7.24. The molecule has 0 bridgehead atoms. The number of anilines is 1. The number of benzene rings is 2. The summed E-state index contributed by atoms with van der Waals surface area (Å²) in [5, 5.41) is 21.4. The first-order valence-electron chi connectivity index (χ1n) is 11.9. The highest BCUT2D eigenvalue weighted by Gasteiger charge is 2.46. The van der Waals surface area contributed by atoms with Crippen LogP contribution in [0.3, 0.4) is 0 Å². The molecule has 198 valence electrons.